The molecule has 5 aromatic rings. The van der Waals surface area contributed by atoms with Gasteiger partial charge in [0.2, 0.25) is 17.7 Å². The number of aromatic nitrogens is 2. The van der Waals surface area contributed by atoms with Crippen LogP contribution in [-0.2, 0) is 33.4 Å². The van der Waals surface area contributed by atoms with E-state index in [-0.39, 0.29) is 66.0 Å². The van der Waals surface area contributed by atoms with Gasteiger partial charge in [0.25, 0.3) is 11.8 Å². The first-order valence-electron chi connectivity index (χ1n) is 27.2. The van der Waals surface area contributed by atoms with E-state index in [0.717, 1.165) is 69.8 Å². The maximum absolute atomic E-state index is 13.2. The summed E-state index contributed by atoms with van der Waals surface area (Å²) in [4.78, 5) is 98.9. The van der Waals surface area contributed by atoms with E-state index in [9.17, 15) is 38.7 Å². The number of piperazine rings is 1. The van der Waals surface area contributed by atoms with Crippen LogP contribution in [0.5, 0.6) is 11.5 Å². The van der Waals surface area contributed by atoms with Crippen molar-refractivity contribution >= 4 is 79.4 Å². The smallest absolute Gasteiger partial charge is 0.324 e. The fraction of sp³-hybridized carbons (Fsp3) is 0.456. The minimum Gasteiger partial charge on any atom is -0.512 e. The van der Waals surface area contributed by atoms with Gasteiger partial charge in [0, 0.05) is 94.3 Å². The van der Waals surface area contributed by atoms with Crippen molar-refractivity contribution in [3.63, 3.8) is 0 Å². The summed E-state index contributed by atoms with van der Waals surface area (Å²) in [5.74, 6) is -2.04. The molecule has 6 N–H and O–H groups in total. The number of rotatable bonds is 28. The number of imide groups is 2. The molecule has 1 atom stereocenters. The summed E-state index contributed by atoms with van der Waals surface area (Å²) in [7, 11) is 0. The molecule has 1 unspecified atom stereocenters. The van der Waals surface area contributed by atoms with Crippen molar-refractivity contribution in [1.82, 2.24) is 40.0 Å². The summed E-state index contributed by atoms with van der Waals surface area (Å²) < 4.78 is 31.8. The van der Waals surface area contributed by atoms with E-state index in [1.807, 2.05) is 57.3 Å². The number of carbonyl (C=O) groups excluding carboxylic acids is 7. The largest absolute Gasteiger partial charge is 0.512 e. The second-order valence-corrected chi connectivity index (χ2v) is 21.8. The second-order valence-electron chi connectivity index (χ2n) is 20.8. The predicted octanol–water partition coefficient (Wildman–Crippen LogP) is 5.57. The third-order valence-corrected chi connectivity index (χ3v) is 14.7. The number of Topliss-reactive ketones (excluding diaryl/α,β-unsaturated/α-hetero) is 1. The van der Waals surface area contributed by atoms with Gasteiger partial charge in [0.15, 0.2) is 10.7 Å². The highest BCUT2D eigenvalue weighted by atomic mass is 32.1. The van der Waals surface area contributed by atoms with E-state index in [1.54, 1.807) is 29.5 Å². The minimum absolute atomic E-state index is 0.000812. The van der Waals surface area contributed by atoms with E-state index in [4.69, 9.17) is 34.1 Å². The topological polar surface area (TPSA) is 285 Å². The van der Waals surface area contributed by atoms with Crippen LogP contribution in [0.15, 0.2) is 78.7 Å². The number of ether oxygens (including phenoxy) is 5. The number of nitrogens with one attached hydrogen (secondary N) is 5. The molecule has 3 aliphatic heterocycles. The van der Waals surface area contributed by atoms with Crippen LogP contribution in [0.25, 0.3) is 26.4 Å². The molecular formula is C57H70N10O13S. The quantitative estimate of drug-likeness (QED) is 0.0117. The molecule has 23 nitrogen and oxygen atoms in total. The fourth-order valence-electron chi connectivity index (χ4n) is 9.14. The summed E-state index contributed by atoms with van der Waals surface area (Å²) in [5.41, 5.74) is 2.79. The number of unbranched alkanes of at least 4 members (excludes halogenated alkanes) is 1. The molecule has 81 heavy (non-hydrogen) atoms. The molecule has 0 radical (unpaired) electrons. The van der Waals surface area contributed by atoms with Crippen LogP contribution in [0.3, 0.4) is 0 Å². The number of carbonyl (C=O) groups is 7. The molecule has 2 saturated heterocycles. The summed E-state index contributed by atoms with van der Waals surface area (Å²) in [5, 5.41) is 28.3. The van der Waals surface area contributed by atoms with Crippen LogP contribution < -0.4 is 30.7 Å². The Hall–Kier alpha value is -7.61. The molecule has 2 fully saturated rings. The molecule has 0 bridgehead atoms. The number of ketones is 1. The number of aliphatic hydroxyl groups excluding tert-OH is 1. The molecule has 432 valence electrons. The van der Waals surface area contributed by atoms with Crippen molar-refractivity contribution in [2.24, 2.45) is 5.41 Å². The Balaban J connectivity index is 0.602. The van der Waals surface area contributed by atoms with Crippen molar-refractivity contribution in [2.75, 3.05) is 104 Å². The van der Waals surface area contributed by atoms with E-state index < -0.39 is 41.1 Å². The predicted molar refractivity (Wildman–Crippen MR) is 302 cm³/mol. The van der Waals surface area contributed by atoms with Crippen LogP contribution in [0.1, 0.15) is 80.0 Å². The number of urea groups is 1. The van der Waals surface area contributed by atoms with E-state index in [0.29, 0.717) is 84.3 Å². The SMILES string of the molecule is CC(C)(C)/C(O)=C/C(=N)NC(=O)Nc1ccc(-c2cn3c(n2)sc2cc(OCCN4CCN(CC(=O)NCCCOCCOCCOCCCCC(=O)COc5cccc6c5C(=O)N(C5CCC(=O)NC5=O)C6=O)CC4)ccc23)cc1. The van der Waals surface area contributed by atoms with Crippen LogP contribution in [-0.4, -0.2) is 181 Å². The molecule has 3 aliphatic rings. The Kier molecular flexibility index (Phi) is 20.7. The zero-order chi connectivity index (χ0) is 57.5. The average Bonchev–Trinajstić information content (AvgIpc) is 4.32. The van der Waals surface area contributed by atoms with Crippen molar-refractivity contribution in [3.8, 4) is 22.8 Å². The highest BCUT2D eigenvalue weighted by Crippen LogP contribution is 2.35. The molecule has 0 saturated carbocycles. The zero-order valence-corrected chi connectivity index (χ0v) is 46.7. The number of piperidine rings is 1. The second kappa shape index (κ2) is 28.2. The first-order valence-corrected chi connectivity index (χ1v) is 28.0. The van der Waals surface area contributed by atoms with E-state index in [2.05, 4.69) is 35.5 Å². The molecule has 8 rings (SSSR count). The zero-order valence-electron chi connectivity index (χ0n) is 45.8. The summed E-state index contributed by atoms with van der Waals surface area (Å²) in [6, 6.07) is 16.2. The van der Waals surface area contributed by atoms with Gasteiger partial charge in [-0.1, -0.05) is 50.3 Å². The number of benzene rings is 3. The summed E-state index contributed by atoms with van der Waals surface area (Å²) >= 11 is 1.57. The number of amides is 7. The summed E-state index contributed by atoms with van der Waals surface area (Å²) in [6.45, 7) is 13.2. The van der Waals surface area contributed by atoms with E-state index >= 15 is 0 Å². The Labute approximate surface area is 472 Å². The van der Waals surface area contributed by atoms with Gasteiger partial charge in [-0.05, 0) is 68.1 Å². The maximum Gasteiger partial charge on any atom is 0.324 e. The lowest BCUT2D eigenvalue weighted by Gasteiger charge is -2.34. The molecule has 0 spiro atoms. The number of nitrogens with zero attached hydrogens (tertiary/aromatic N) is 5. The van der Waals surface area contributed by atoms with Gasteiger partial charge in [-0.2, -0.15) is 0 Å². The number of fused-ring (bicyclic) bond motifs is 4. The highest BCUT2D eigenvalue weighted by Gasteiger charge is 2.46. The van der Waals surface area contributed by atoms with Gasteiger partial charge < -0.3 is 39.4 Å². The highest BCUT2D eigenvalue weighted by molar-refractivity contribution is 7.23. The normalized spacial score (nSPS) is 16.2. The lowest BCUT2D eigenvalue weighted by Crippen LogP contribution is -2.54. The number of aliphatic hydroxyl groups is 1. The third kappa shape index (κ3) is 16.5. The van der Waals surface area contributed by atoms with Crippen LogP contribution in [0.4, 0.5) is 10.5 Å². The molecule has 2 aromatic heterocycles. The van der Waals surface area contributed by atoms with Gasteiger partial charge >= 0.3 is 6.03 Å². The van der Waals surface area contributed by atoms with Crippen LogP contribution in [0.2, 0.25) is 0 Å². The van der Waals surface area contributed by atoms with Gasteiger partial charge in [-0.15, -0.1) is 0 Å². The Morgan fingerprint density at radius 3 is 2.30 bits per heavy atom. The van der Waals surface area contributed by atoms with E-state index in [1.165, 1.54) is 18.2 Å². The number of anilines is 1. The monoisotopic (exact) mass is 1130 g/mol. The van der Waals surface area contributed by atoms with Crippen molar-refractivity contribution in [3.05, 3.63) is 89.8 Å². The molecule has 0 aliphatic carbocycles. The van der Waals surface area contributed by atoms with Gasteiger partial charge in [0.05, 0.1) is 60.0 Å². The Morgan fingerprint density at radius 1 is 0.852 bits per heavy atom. The molecule has 7 amide bonds. The first-order chi connectivity index (χ1) is 39.0. The van der Waals surface area contributed by atoms with Crippen molar-refractivity contribution < 1.29 is 62.4 Å². The third-order valence-electron chi connectivity index (χ3n) is 13.7. The lowest BCUT2D eigenvalue weighted by atomic mass is 9.93. The number of hydrogen-bond acceptors (Lipinski definition) is 18. The standard InChI is InChI=1S/C57H70N10O13S/c1-57(2,3)47(69)33-48(58)62-55(75)60-38-13-11-37(12-14-38)42-34-66-43-16-15-40(32-46(43)81-56(66)61-42)79-27-24-64-20-22-65(23-21-64)35-50(71)59-19-7-26-77-29-31-78-30-28-76-25-5-4-8-39(68)36-80-45-10-6-9-41-51(45)54(74)67(53(41)73)44-17-18-49(70)63-52(44)72/h6,9-16,32-34,44,69H,4-5,7-8,17-31,35-36H2,1-3H3,(H,59,71)(H,63,70,72)(H3,58,60,62,75)/b47-33-. The average molecular weight is 1140 g/mol. The Bertz CT molecular complexity index is 3120. The van der Waals surface area contributed by atoms with Crippen LogP contribution >= 0.6 is 11.3 Å². The number of imidazole rings is 1. The molecule has 24 heteroatoms. The van der Waals surface area contributed by atoms with Crippen molar-refractivity contribution in [1.29, 1.82) is 5.41 Å². The maximum atomic E-state index is 13.2. The van der Waals surface area contributed by atoms with Crippen LogP contribution in [0, 0.1) is 10.8 Å². The number of allylic oxidation sites excluding steroid dienone is 1. The van der Waals surface area contributed by atoms with Gasteiger partial charge in [-0.3, -0.25) is 63.9 Å². The minimum atomic E-state index is -1.09. The summed E-state index contributed by atoms with van der Waals surface area (Å²) in [6.07, 6.45) is 5.42. The van der Waals surface area contributed by atoms with Crippen molar-refractivity contribution in [2.45, 2.75) is 65.3 Å². The fourth-order valence-corrected chi connectivity index (χ4v) is 10.2. The number of hydrogen-bond donors (Lipinski definition) is 6. The lowest BCUT2D eigenvalue weighted by molar-refractivity contribution is -0.136. The molecule has 3 aromatic carbocycles. The molecule has 5 heterocycles. The molecular weight excluding hydrogens is 1060 g/mol. The Morgan fingerprint density at radius 2 is 1.57 bits per heavy atom. The van der Waals surface area contributed by atoms with Gasteiger partial charge in [-0.25, -0.2) is 9.78 Å². The number of thiazole rings is 1. The van der Waals surface area contributed by atoms with Gasteiger partial charge in [0.1, 0.15) is 42.3 Å². The first kappa shape index (κ1) is 59.5. The number of amidine groups is 1.